The van der Waals surface area contributed by atoms with Gasteiger partial charge in [-0.2, -0.15) is 0 Å². The van der Waals surface area contributed by atoms with Gasteiger partial charge in [0.1, 0.15) is 17.1 Å². The van der Waals surface area contributed by atoms with Gasteiger partial charge >= 0.3 is 0 Å². The van der Waals surface area contributed by atoms with Crippen molar-refractivity contribution in [3.05, 3.63) is 45.4 Å². The van der Waals surface area contributed by atoms with Crippen LogP contribution in [0, 0.1) is 11.8 Å². The summed E-state index contributed by atoms with van der Waals surface area (Å²) >= 11 is 0. The van der Waals surface area contributed by atoms with Gasteiger partial charge in [-0.1, -0.05) is 47.5 Å². The lowest BCUT2D eigenvalue weighted by atomic mass is 9.58. The SMILES string of the molecule is CCCCOc1cc(CN(C)C)c(N(C)C)c2c1C(=O)C1=C(O)[C@]3(O[Si](C)(C)C(C)(C)C)C(=O)c4c(OCCCC)noc4[C@@H](N(C)C)[C@@H]3C[C@@H]1C2. The van der Waals surface area contributed by atoms with Crippen LogP contribution in [-0.2, 0) is 17.4 Å². The zero-order valence-corrected chi connectivity index (χ0v) is 34.9. The van der Waals surface area contributed by atoms with E-state index in [1.165, 1.54) is 0 Å². The third kappa shape index (κ3) is 6.73. The van der Waals surface area contributed by atoms with Crippen LogP contribution in [0.5, 0.6) is 11.6 Å². The number of carbonyl (C=O) groups excluding carboxylic acids is 2. The van der Waals surface area contributed by atoms with Gasteiger partial charge in [-0.25, -0.2) is 0 Å². The van der Waals surface area contributed by atoms with Gasteiger partial charge in [-0.3, -0.25) is 14.5 Å². The van der Waals surface area contributed by atoms with Crippen molar-refractivity contribution in [3.63, 3.8) is 0 Å². The van der Waals surface area contributed by atoms with Crippen molar-refractivity contribution in [2.75, 3.05) is 60.4 Å². The van der Waals surface area contributed by atoms with Crippen molar-refractivity contribution < 1.29 is 33.1 Å². The van der Waals surface area contributed by atoms with E-state index in [1.807, 2.05) is 53.3 Å². The number of nitrogens with zero attached hydrogens (tertiary/aromatic N) is 4. The summed E-state index contributed by atoms with van der Waals surface area (Å²) in [6.45, 7) is 16.1. The molecule has 0 fully saturated rings. The molecule has 3 aliphatic rings. The number of allylic oxidation sites excluding steroid dienone is 1. The normalized spacial score (nSPS) is 23.1. The van der Waals surface area contributed by atoms with Crippen molar-refractivity contribution in [1.29, 1.82) is 0 Å². The molecule has 11 nitrogen and oxygen atoms in total. The average molecular weight is 739 g/mol. The molecule has 0 unspecified atom stereocenters. The minimum atomic E-state index is -2.81. The third-order valence-corrected chi connectivity index (χ3v) is 16.0. The number of rotatable bonds is 14. The third-order valence-electron chi connectivity index (χ3n) is 11.5. The molecule has 5 rings (SSSR count). The molecule has 12 heteroatoms. The number of ether oxygens (including phenoxy) is 2. The van der Waals surface area contributed by atoms with Gasteiger partial charge in [-0.05, 0) is 100 Å². The number of carbonyl (C=O) groups is 2. The molecule has 1 N–H and O–H groups in total. The Morgan fingerprint density at radius 1 is 1.00 bits per heavy atom. The predicted molar refractivity (Wildman–Crippen MR) is 207 cm³/mol. The Morgan fingerprint density at radius 2 is 1.63 bits per heavy atom. The maximum absolute atomic E-state index is 15.4. The number of aromatic nitrogens is 1. The number of Topliss-reactive ketones (excluding diaryl/α,β-unsaturated/α-hetero) is 2. The molecule has 0 bridgehead atoms. The number of aliphatic hydroxyl groups is 1. The van der Waals surface area contributed by atoms with Crippen molar-refractivity contribution in [3.8, 4) is 11.6 Å². The molecule has 1 aromatic carbocycles. The molecule has 1 aromatic heterocycles. The Bertz CT molecular complexity index is 1710. The van der Waals surface area contributed by atoms with Crippen molar-refractivity contribution in [2.24, 2.45) is 11.8 Å². The highest BCUT2D eigenvalue weighted by atomic mass is 28.4. The van der Waals surface area contributed by atoms with Gasteiger partial charge < -0.3 is 33.3 Å². The van der Waals surface area contributed by atoms with Gasteiger partial charge in [0.2, 0.25) is 5.78 Å². The number of anilines is 1. The van der Waals surface area contributed by atoms with Crippen LogP contribution < -0.4 is 14.4 Å². The summed E-state index contributed by atoms with van der Waals surface area (Å²) in [7, 11) is 9.15. The Hall–Kier alpha value is -3.19. The molecule has 0 spiro atoms. The molecule has 52 heavy (non-hydrogen) atoms. The number of aliphatic hydroxyl groups excluding tert-OH is 1. The van der Waals surface area contributed by atoms with Crippen molar-refractivity contribution in [1.82, 2.24) is 15.0 Å². The summed E-state index contributed by atoms with van der Waals surface area (Å²) in [6.07, 6.45) is 4.38. The topological polar surface area (TPSA) is 118 Å². The highest BCUT2D eigenvalue weighted by Gasteiger charge is 2.67. The highest BCUT2D eigenvalue weighted by molar-refractivity contribution is 6.74. The fraction of sp³-hybridized carbons (Fsp3) is 0.675. The molecule has 1 heterocycles. The second-order valence-corrected chi connectivity index (χ2v) is 21.9. The van der Waals surface area contributed by atoms with Gasteiger partial charge in [0.25, 0.3) is 5.88 Å². The fourth-order valence-corrected chi connectivity index (χ4v) is 9.56. The lowest BCUT2D eigenvalue weighted by molar-refractivity contribution is -0.0480. The van der Waals surface area contributed by atoms with Gasteiger partial charge in [0.05, 0.1) is 24.8 Å². The molecular weight excluding hydrogens is 677 g/mol. The zero-order chi connectivity index (χ0) is 38.5. The molecule has 0 radical (unpaired) electrons. The Balaban J connectivity index is 1.82. The standard InChI is InChI=1S/C40H62N4O7Si/c1-14-16-18-48-28-22-25(23-42(6)7)32(43(8)9)26-20-24-21-27-33(44(10)11)35-31(38(41-50-35)49-19-17-15-2)37(47)40(27,51-52(12,13)39(3,4)5)36(46)29(24)34(45)30(26)28/h22,24,27,33,46H,14-21,23H2,1-13H3/t24-,27-,33-,40-/m0/s1. The van der Waals surface area contributed by atoms with E-state index in [2.05, 4.69) is 62.7 Å². The smallest absolute Gasteiger partial charge is 0.265 e. The van der Waals surface area contributed by atoms with Crippen LogP contribution in [-0.4, -0.2) is 101 Å². The lowest BCUT2D eigenvalue weighted by Gasteiger charge is -2.55. The number of fused-ring (bicyclic) bond motifs is 4. The van der Waals surface area contributed by atoms with E-state index in [4.69, 9.17) is 18.4 Å². The van der Waals surface area contributed by atoms with E-state index in [1.54, 1.807) is 0 Å². The van der Waals surface area contributed by atoms with Crippen LogP contribution in [0.15, 0.2) is 21.9 Å². The Morgan fingerprint density at radius 3 is 2.19 bits per heavy atom. The summed E-state index contributed by atoms with van der Waals surface area (Å²) < 4.78 is 25.8. The summed E-state index contributed by atoms with van der Waals surface area (Å²) in [6, 6.07) is 1.50. The maximum atomic E-state index is 15.4. The van der Waals surface area contributed by atoms with Crippen LogP contribution in [0.2, 0.25) is 18.1 Å². The number of ketones is 2. The predicted octanol–water partition coefficient (Wildman–Crippen LogP) is 7.61. The minimum absolute atomic E-state index is 0.104. The summed E-state index contributed by atoms with van der Waals surface area (Å²) in [4.78, 5) is 36.8. The van der Waals surface area contributed by atoms with Gasteiger partial charge in [0, 0.05) is 37.8 Å². The van der Waals surface area contributed by atoms with E-state index >= 15 is 9.59 Å². The molecule has 2 aromatic rings. The van der Waals surface area contributed by atoms with Gasteiger partial charge in [-0.15, -0.1) is 0 Å². The zero-order valence-electron chi connectivity index (χ0n) is 33.9. The number of hydrogen-bond donors (Lipinski definition) is 1. The molecule has 0 saturated carbocycles. The largest absolute Gasteiger partial charge is 0.508 e. The molecule has 3 aliphatic carbocycles. The molecule has 4 atom stereocenters. The summed E-state index contributed by atoms with van der Waals surface area (Å²) in [5.41, 5.74) is 2.01. The second kappa shape index (κ2) is 14.9. The lowest BCUT2D eigenvalue weighted by Crippen LogP contribution is -2.65. The number of hydrogen-bond acceptors (Lipinski definition) is 11. The van der Waals surface area contributed by atoms with E-state index in [-0.39, 0.29) is 39.5 Å². The number of benzene rings is 1. The van der Waals surface area contributed by atoms with Gasteiger partial charge in [0.15, 0.2) is 25.5 Å². The second-order valence-electron chi connectivity index (χ2n) is 17.2. The van der Waals surface area contributed by atoms with E-state index in [0.717, 1.165) is 42.5 Å². The van der Waals surface area contributed by atoms with E-state index in [0.29, 0.717) is 49.7 Å². The molecule has 288 valence electrons. The van der Waals surface area contributed by atoms with Crippen LogP contribution in [0.25, 0.3) is 0 Å². The van der Waals surface area contributed by atoms with Crippen LogP contribution in [0.3, 0.4) is 0 Å². The van der Waals surface area contributed by atoms with Crippen molar-refractivity contribution >= 4 is 25.6 Å². The first-order valence-corrected chi connectivity index (χ1v) is 21.9. The minimum Gasteiger partial charge on any atom is -0.508 e. The quantitative estimate of drug-likeness (QED) is 0.153. The fourth-order valence-electron chi connectivity index (χ4n) is 8.11. The monoisotopic (exact) mass is 738 g/mol. The summed E-state index contributed by atoms with van der Waals surface area (Å²) in [5.74, 6) is -0.981. The van der Waals surface area contributed by atoms with E-state index in [9.17, 15) is 5.11 Å². The van der Waals surface area contributed by atoms with Crippen LogP contribution in [0.4, 0.5) is 5.69 Å². The maximum Gasteiger partial charge on any atom is 0.265 e. The van der Waals surface area contributed by atoms with Crippen molar-refractivity contribution in [2.45, 2.75) is 109 Å². The first-order chi connectivity index (χ1) is 24.3. The first kappa shape index (κ1) is 40.0. The highest BCUT2D eigenvalue weighted by Crippen LogP contribution is 2.60. The van der Waals surface area contributed by atoms with E-state index < -0.39 is 31.7 Å². The number of unbranched alkanes of at least 4 members (excludes halogenated alkanes) is 2. The Kier molecular flexibility index (Phi) is 11.5. The van der Waals surface area contributed by atoms with Crippen LogP contribution >= 0.6 is 0 Å². The molecule has 0 amide bonds. The molecule has 0 saturated heterocycles. The average Bonchev–Trinajstić information content (AvgIpc) is 3.44. The molecular formula is C40H62N4O7Si. The van der Waals surface area contributed by atoms with Crippen LogP contribution in [0.1, 0.15) is 110 Å². The summed E-state index contributed by atoms with van der Waals surface area (Å²) in [5, 5.41) is 16.9. The Labute approximate surface area is 311 Å². The molecule has 0 aliphatic heterocycles. The first-order valence-electron chi connectivity index (χ1n) is 19.0.